The van der Waals surface area contributed by atoms with Gasteiger partial charge in [0.15, 0.2) is 6.10 Å². The number of hydrogen-bond acceptors (Lipinski definition) is 6. The Kier molecular flexibility index (Phi) is 6.13. The molecule has 1 atom stereocenters. The number of nitrogens with zero attached hydrogens (tertiary/aromatic N) is 2. The number of amides is 1. The summed E-state index contributed by atoms with van der Waals surface area (Å²) in [5, 5.41) is 0. The van der Waals surface area contributed by atoms with Gasteiger partial charge < -0.3 is 14.4 Å². The Balaban J connectivity index is 1.70. The van der Waals surface area contributed by atoms with Gasteiger partial charge in [0.25, 0.3) is 5.91 Å². The number of esters is 1. The lowest BCUT2D eigenvalue weighted by atomic mass is 10.2. The van der Waals surface area contributed by atoms with E-state index in [1.807, 2.05) is 0 Å². The molecule has 8 nitrogen and oxygen atoms in total. The van der Waals surface area contributed by atoms with E-state index in [9.17, 15) is 18.0 Å². The van der Waals surface area contributed by atoms with Crippen LogP contribution < -0.4 is 0 Å². The molecule has 2 heterocycles. The van der Waals surface area contributed by atoms with Crippen molar-refractivity contribution in [3.8, 4) is 0 Å². The van der Waals surface area contributed by atoms with Gasteiger partial charge in [0.1, 0.15) is 0 Å². The molecule has 2 saturated heterocycles. The van der Waals surface area contributed by atoms with Crippen LogP contribution in [0.4, 0.5) is 0 Å². The molecule has 0 saturated carbocycles. The highest BCUT2D eigenvalue weighted by Crippen LogP contribution is 2.19. The summed E-state index contributed by atoms with van der Waals surface area (Å²) in [6.45, 7) is 4.12. The molecule has 9 heteroatoms. The zero-order valence-electron chi connectivity index (χ0n) is 15.3. The van der Waals surface area contributed by atoms with Crippen molar-refractivity contribution in [3.63, 3.8) is 0 Å². The second kappa shape index (κ2) is 8.37. The summed E-state index contributed by atoms with van der Waals surface area (Å²) in [6, 6.07) is 5.71. The summed E-state index contributed by atoms with van der Waals surface area (Å²) in [5.74, 6) is -0.938. The molecule has 1 aromatic rings. The second-order valence-electron chi connectivity index (χ2n) is 6.62. The smallest absolute Gasteiger partial charge is 0.338 e. The van der Waals surface area contributed by atoms with E-state index in [-0.39, 0.29) is 29.5 Å². The topological polar surface area (TPSA) is 93.2 Å². The zero-order valence-corrected chi connectivity index (χ0v) is 16.1. The van der Waals surface area contributed by atoms with Crippen LogP contribution in [0.25, 0.3) is 0 Å². The number of rotatable bonds is 5. The van der Waals surface area contributed by atoms with Crippen LogP contribution >= 0.6 is 0 Å². The first-order valence-corrected chi connectivity index (χ1v) is 10.5. The van der Waals surface area contributed by atoms with E-state index in [1.54, 1.807) is 4.90 Å². The molecule has 3 rings (SSSR count). The zero-order chi connectivity index (χ0) is 19.4. The third-order valence-corrected chi connectivity index (χ3v) is 6.62. The van der Waals surface area contributed by atoms with Crippen molar-refractivity contribution in [1.82, 2.24) is 9.21 Å². The van der Waals surface area contributed by atoms with Crippen LogP contribution in [0.2, 0.25) is 0 Å². The third kappa shape index (κ3) is 4.48. The molecule has 0 spiro atoms. The molecule has 148 valence electrons. The summed E-state index contributed by atoms with van der Waals surface area (Å²) < 4.78 is 37.2. The first-order valence-electron chi connectivity index (χ1n) is 9.07. The lowest BCUT2D eigenvalue weighted by Crippen LogP contribution is -2.40. The number of carbonyl (C=O) groups is 2. The molecule has 0 radical (unpaired) electrons. The molecule has 0 N–H and O–H groups in total. The van der Waals surface area contributed by atoms with Crippen LogP contribution in [0, 0.1) is 0 Å². The number of morpholine rings is 1. The SMILES string of the molecule is C[C@H](OC(=O)c1cccc(S(=O)(=O)N2CCOCC2)c1)C(=O)N1CCCC1. The summed E-state index contributed by atoms with van der Waals surface area (Å²) in [4.78, 5) is 26.4. The number of benzene rings is 1. The van der Waals surface area contributed by atoms with E-state index in [0.717, 1.165) is 12.8 Å². The summed E-state index contributed by atoms with van der Waals surface area (Å²) in [5.41, 5.74) is 0.102. The summed E-state index contributed by atoms with van der Waals surface area (Å²) in [7, 11) is -3.71. The van der Waals surface area contributed by atoms with Gasteiger partial charge in [0.05, 0.1) is 23.7 Å². The maximum absolute atomic E-state index is 12.7. The Labute approximate surface area is 159 Å². The van der Waals surface area contributed by atoms with Gasteiger partial charge in [-0.2, -0.15) is 4.31 Å². The average Bonchev–Trinajstić information content (AvgIpc) is 3.23. The number of carbonyl (C=O) groups excluding carboxylic acids is 2. The van der Waals surface area contributed by atoms with Crippen LogP contribution in [0.5, 0.6) is 0 Å². The molecule has 1 amide bonds. The van der Waals surface area contributed by atoms with Crippen molar-refractivity contribution in [3.05, 3.63) is 29.8 Å². The summed E-state index contributed by atoms with van der Waals surface area (Å²) in [6.07, 6.45) is 0.997. The Morgan fingerprint density at radius 1 is 1.11 bits per heavy atom. The molecular formula is C18H24N2O6S. The minimum atomic E-state index is -3.71. The van der Waals surface area contributed by atoms with E-state index in [2.05, 4.69) is 0 Å². The average molecular weight is 396 g/mol. The normalized spacial score (nSPS) is 19.7. The molecular weight excluding hydrogens is 372 g/mol. The fraction of sp³-hybridized carbons (Fsp3) is 0.556. The molecule has 2 aliphatic rings. The van der Waals surface area contributed by atoms with Crippen LogP contribution in [0.15, 0.2) is 29.2 Å². The minimum absolute atomic E-state index is 0.0253. The first kappa shape index (κ1) is 19.8. The van der Waals surface area contributed by atoms with Crippen molar-refractivity contribution >= 4 is 21.9 Å². The van der Waals surface area contributed by atoms with Gasteiger partial charge in [0, 0.05) is 26.2 Å². The highest BCUT2D eigenvalue weighted by molar-refractivity contribution is 7.89. The lowest BCUT2D eigenvalue weighted by molar-refractivity contribution is -0.138. The van der Waals surface area contributed by atoms with Gasteiger partial charge in [-0.25, -0.2) is 13.2 Å². The quantitative estimate of drug-likeness (QED) is 0.686. The molecule has 2 aliphatic heterocycles. The molecule has 2 fully saturated rings. The van der Waals surface area contributed by atoms with E-state index in [1.165, 1.54) is 35.5 Å². The molecule has 1 aromatic carbocycles. The van der Waals surface area contributed by atoms with Crippen molar-refractivity contribution in [2.45, 2.75) is 30.8 Å². The molecule has 0 bridgehead atoms. The second-order valence-corrected chi connectivity index (χ2v) is 8.56. The van der Waals surface area contributed by atoms with E-state index in [0.29, 0.717) is 26.3 Å². The summed E-state index contributed by atoms with van der Waals surface area (Å²) >= 11 is 0. The molecule has 0 unspecified atom stereocenters. The number of likely N-dealkylation sites (tertiary alicyclic amines) is 1. The number of hydrogen-bond donors (Lipinski definition) is 0. The highest BCUT2D eigenvalue weighted by Gasteiger charge is 2.29. The maximum Gasteiger partial charge on any atom is 0.338 e. The Hall–Kier alpha value is -1.97. The van der Waals surface area contributed by atoms with Gasteiger partial charge >= 0.3 is 5.97 Å². The van der Waals surface area contributed by atoms with Gasteiger partial charge in [-0.3, -0.25) is 4.79 Å². The van der Waals surface area contributed by atoms with Crippen LogP contribution in [0.1, 0.15) is 30.1 Å². The Morgan fingerprint density at radius 3 is 2.44 bits per heavy atom. The lowest BCUT2D eigenvalue weighted by Gasteiger charge is -2.26. The molecule has 0 aliphatic carbocycles. The van der Waals surface area contributed by atoms with Gasteiger partial charge in [-0.1, -0.05) is 6.07 Å². The van der Waals surface area contributed by atoms with Crippen LogP contribution in [-0.4, -0.2) is 75.0 Å². The maximum atomic E-state index is 12.7. The van der Waals surface area contributed by atoms with Gasteiger partial charge in [-0.05, 0) is 38.0 Å². The van der Waals surface area contributed by atoms with Crippen molar-refractivity contribution in [2.24, 2.45) is 0 Å². The molecule has 27 heavy (non-hydrogen) atoms. The van der Waals surface area contributed by atoms with Crippen molar-refractivity contribution < 1.29 is 27.5 Å². The number of sulfonamides is 1. The van der Waals surface area contributed by atoms with E-state index < -0.39 is 22.1 Å². The monoisotopic (exact) mass is 396 g/mol. The third-order valence-electron chi connectivity index (χ3n) is 4.73. The van der Waals surface area contributed by atoms with E-state index >= 15 is 0 Å². The van der Waals surface area contributed by atoms with E-state index in [4.69, 9.17) is 9.47 Å². The van der Waals surface area contributed by atoms with Crippen LogP contribution in [-0.2, 0) is 24.3 Å². The van der Waals surface area contributed by atoms with Crippen LogP contribution in [0.3, 0.4) is 0 Å². The predicted octanol–water partition coefficient (Wildman–Crippen LogP) is 0.875. The predicted molar refractivity (Wildman–Crippen MR) is 96.7 cm³/mol. The van der Waals surface area contributed by atoms with Gasteiger partial charge in [0.2, 0.25) is 10.0 Å². The first-order chi connectivity index (χ1) is 12.9. The number of ether oxygens (including phenoxy) is 2. The van der Waals surface area contributed by atoms with Crippen molar-refractivity contribution in [2.75, 3.05) is 39.4 Å². The fourth-order valence-electron chi connectivity index (χ4n) is 3.19. The Bertz CT molecular complexity index is 798. The fourth-order valence-corrected chi connectivity index (χ4v) is 4.65. The van der Waals surface area contributed by atoms with Crippen molar-refractivity contribution in [1.29, 1.82) is 0 Å². The Morgan fingerprint density at radius 2 is 1.78 bits per heavy atom. The standard InChI is InChI=1S/C18H24N2O6S/c1-14(17(21)19-7-2-3-8-19)26-18(22)15-5-4-6-16(13-15)27(23,24)20-9-11-25-12-10-20/h4-6,13-14H,2-3,7-12H2,1H3/t14-/m0/s1. The largest absolute Gasteiger partial charge is 0.449 e. The highest BCUT2D eigenvalue weighted by atomic mass is 32.2. The molecule has 0 aromatic heterocycles. The van der Waals surface area contributed by atoms with Gasteiger partial charge in [-0.15, -0.1) is 0 Å². The minimum Gasteiger partial charge on any atom is -0.449 e.